The third-order valence-electron chi connectivity index (χ3n) is 3.97. The van der Waals surface area contributed by atoms with E-state index in [9.17, 15) is 22.4 Å². The molecule has 3 N–H and O–H groups in total. The number of pyridine rings is 2. The van der Waals surface area contributed by atoms with E-state index in [1.54, 1.807) is 4.57 Å². The van der Waals surface area contributed by atoms with Crippen LogP contribution < -0.4 is 15.6 Å². The molecule has 1 fully saturated rings. The zero-order chi connectivity index (χ0) is 21.1. The smallest absolute Gasteiger partial charge is 0.341 e. The number of aromatic nitrogens is 2. The second-order valence-electron chi connectivity index (χ2n) is 6.10. The molecule has 0 aliphatic carbocycles. The summed E-state index contributed by atoms with van der Waals surface area (Å²) >= 11 is 0. The number of hydrogen-bond acceptors (Lipinski definition) is 7. The third-order valence-corrected chi connectivity index (χ3v) is 3.97. The summed E-state index contributed by atoms with van der Waals surface area (Å²) in [4.78, 5) is 29.6. The lowest BCUT2D eigenvalue weighted by atomic mass is 10.2. The van der Waals surface area contributed by atoms with Gasteiger partial charge >= 0.3 is 5.97 Å². The van der Waals surface area contributed by atoms with Crippen LogP contribution in [0.25, 0.3) is 11.0 Å². The molecule has 2 aromatic rings. The molecular formula is C16H21FN4O6S. The highest BCUT2D eigenvalue weighted by Gasteiger charge is 2.21. The van der Waals surface area contributed by atoms with Gasteiger partial charge in [0.1, 0.15) is 11.2 Å². The van der Waals surface area contributed by atoms with Crippen LogP contribution in [-0.4, -0.2) is 66.0 Å². The van der Waals surface area contributed by atoms with E-state index < -0.39 is 27.3 Å². The largest absolute Gasteiger partial charge is 0.477 e. The van der Waals surface area contributed by atoms with E-state index in [2.05, 4.69) is 10.3 Å². The van der Waals surface area contributed by atoms with Crippen LogP contribution in [0.3, 0.4) is 0 Å². The zero-order valence-electron chi connectivity index (χ0n) is 15.3. The molecule has 0 aromatic carbocycles. The van der Waals surface area contributed by atoms with Gasteiger partial charge in [-0.05, 0) is 13.0 Å². The van der Waals surface area contributed by atoms with Gasteiger partial charge in [-0.25, -0.2) is 14.2 Å². The normalized spacial score (nSPS) is 14.5. The second-order valence-corrected chi connectivity index (χ2v) is 7.56. The fourth-order valence-corrected chi connectivity index (χ4v) is 2.77. The molecule has 12 heteroatoms. The number of carbonyl (C=O) groups is 1. The minimum Gasteiger partial charge on any atom is -0.477 e. The van der Waals surface area contributed by atoms with E-state index in [0.29, 0.717) is 31.5 Å². The Morgan fingerprint density at radius 3 is 2.43 bits per heavy atom. The number of halogens is 1. The predicted molar refractivity (Wildman–Crippen MR) is 101 cm³/mol. The van der Waals surface area contributed by atoms with E-state index in [-0.39, 0.29) is 16.8 Å². The molecule has 0 unspecified atom stereocenters. The Morgan fingerprint density at radius 2 is 1.93 bits per heavy atom. The SMILES string of the molecule is CCn1cc(C(=O)O)c(=O)c2cc(F)c(N3CCNCC3)nc21.CS(=O)(=O)O. The van der Waals surface area contributed by atoms with Gasteiger partial charge in [0.05, 0.1) is 11.6 Å². The topological polar surface area (TPSA) is 142 Å². The molecule has 1 aliphatic rings. The highest BCUT2D eigenvalue weighted by atomic mass is 32.2. The average molecular weight is 416 g/mol. The van der Waals surface area contributed by atoms with Gasteiger partial charge in [0.2, 0.25) is 5.43 Å². The van der Waals surface area contributed by atoms with Crippen molar-refractivity contribution in [3.63, 3.8) is 0 Å². The van der Waals surface area contributed by atoms with Crippen molar-refractivity contribution >= 4 is 32.9 Å². The lowest BCUT2D eigenvalue weighted by Crippen LogP contribution is -2.44. The number of fused-ring (bicyclic) bond motifs is 1. The molecule has 28 heavy (non-hydrogen) atoms. The van der Waals surface area contributed by atoms with Gasteiger partial charge in [-0.1, -0.05) is 0 Å². The summed E-state index contributed by atoms with van der Waals surface area (Å²) in [7, 11) is -3.67. The van der Waals surface area contributed by atoms with Crippen molar-refractivity contribution in [1.29, 1.82) is 0 Å². The van der Waals surface area contributed by atoms with Crippen molar-refractivity contribution < 1.29 is 27.3 Å². The number of nitrogens with zero attached hydrogens (tertiary/aromatic N) is 3. The standard InChI is InChI=1S/C15H17FN4O3.CH4O3S/c1-2-19-8-10(15(22)23)12(21)9-7-11(16)14(18-13(9)19)20-5-3-17-4-6-20;1-5(2,3)4/h7-8,17H,2-6H2,1H3,(H,22,23);1H3,(H,2,3,4). The summed E-state index contributed by atoms with van der Waals surface area (Å²) in [6, 6.07) is 1.10. The van der Waals surface area contributed by atoms with Crippen LogP contribution in [0.1, 0.15) is 17.3 Å². The maximum atomic E-state index is 14.4. The maximum Gasteiger partial charge on any atom is 0.341 e. The molecule has 154 valence electrons. The summed E-state index contributed by atoms with van der Waals surface area (Å²) in [6.45, 7) is 4.95. The van der Waals surface area contributed by atoms with Crippen LogP contribution in [0, 0.1) is 5.82 Å². The van der Waals surface area contributed by atoms with Crippen LogP contribution in [0.4, 0.5) is 10.2 Å². The molecule has 0 bridgehead atoms. The number of carboxylic acids is 1. The monoisotopic (exact) mass is 416 g/mol. The van der Waals surface area contributed by atoms with Crippen molar-refractivity contribution in [3.05, 3.63) is 33.9 Å². The number of aryl methyl sites for hydroxylation is 1. The number of piperazine rings is 1. The summed E-state index contributed by atoms with van der Waals surface area (Å²) < 4.78 is 41.9. The first-order valence-electron chi connectivity index (χ1n) is 8.38. The van der Waals surface area contributed by atoms with Crippen LogP contribution in [0.5, 0.6) is 0 Å². The zero-order valence-corrected chi connectivity index (χ0v) is 16.2. The Bertz CT molecular complexity index is 1040. The second kappa shape index (κ2) is 8.63. The number of rotatable bonds is 3. The summed E-state index contributed by atoms with van der Waals surface area (Å²) in [5, 5.41) is 12.3. The van der Waals surface area contributed by atoms with Crippen molar-refractivity contribution in [3.8, 4) is 0 Å². The van der Waals surface area contributed by atoms with Gasteiger partial charge in [-0.15, -0.1) is 0 Å². The molecule has 1 aliphatic heterocycles. The van der Waals surface area contributed by atoms with E-state index in [4.69, 9.17) is 9.66 Å². The first-order chi connectivity index (χ1) is 13.0. The molecule has 0 atom stereocenters. The van der Waals surface area contributed by atoms with Gasteiger partial charge in [-0.3, -0.25) is 9.35 Å². The molecule has 2 aromatic heterocycles. The molecule has 0 radical (unpaired) electrons. The van der Waals surface area contributed by atoms with Gasteiger partial charge in [0, 0.05) is 38.9 Å². The minimum atomic E-state index is -3.67. The molecule has 0 amide bonds. The van der Waals surface area contributed by atoms with Gasteiger partial charge in [-0.2, -0.15) is 8.42 Å². The molecular weight excluding hydrogens is 395 g/mol. The Balaban J connectivity index is 0.000000500. The lowest BCUT2D eigenvalue weighted by molar-refractivity contribution is 0.0694. The number of carboxylic acid groups (broad SMARTS) is 1. The van der Waals surface area contributed by atoms with Crippen LogP contribution >= 0.6 is 0 Å². The first kappa shape index (κ1) is 21.7. The molecule has 3 heterocycles. The first-order valence-corrected chi connectivity index (χ1v) is 10.2. The van der Waals surface area contributed by atoms with Crippen molar-refractivity contribution in [1.82, 2.24) is 14.9 Å². The van der Waals surface area contributed by atoms with Gasteiger partial charge < -0.3 is 19.9 Å². The van der Waals surface area contributed by atoms with E-state index in [1.165, 1.54) is 6.20 Å². The van der Waals surface area contributed by atoms with Crippen molar-refractivity contribution in [2.45, 2.75) is 13.5 Å². The molecule has 0 saturated carbocycles. The van der Waals surface area contributed by atoms with Gasteiger partial charge in [0.15, 0.2) is 11.6 Å². The summed E-state index contributed by atoms with van der Waals surface area (Å²) in [6.07, 6.45) is 1.98. The highest BCUT2D eigenvalue weighted by molar-refractivity contribution is 7.85. The Labute approximate surface area is 160 Å². The molecule has 3 rings (SSSR count). The Hall–Kier alpha value is -2.57. The fraction of sp³-hybridized carbons (Fsp3) is 0.438. The number of hydrogen-bond donors (Lipinski definition) is 3. The van der Waals surface area contributed by atoms with Crippen molar-refractivity contribution in [2.24, 2.45) is 0 Å². The average Bonchev–Trinajstić information content (AvgIpc) is 2.61. The number of nitrogens with one attached hydrogen (secondary N) is 1. The highest BCUT2D eigenvalue weighted by Crippen LogP contribution is 2.21. The third kappa shape index (κ3) is 5.24. The summed E-state index contributed by atoms with van der Waals surface area (Å²) in [5.74, 6) is -1.74. The quantitative estimate of drug-likeness (QED) is 0.597. The Morgan fingerprint density at radius 1 is 1.36 bits per heavy atom. The Kier molecular flexibility index (Phi) is 6.69. The van der Waals surface area contributed by atoms with E-state index in [0.717, 1.165) is 19.2 Å². The summed E-state index contributed by atoms with van der Waals surface area (Å²) in [5.41, 5.74) is -0.789. The van der Waals surface area contributed by atoms with Crippen LogP contribution in [-0.2, 0) is 16.7 Å². The van der Waals surface area contributed by atoms with E-state index >= 15 is 0 Å². The molecule has 0 spiro atoms. The van der Waals surface area contributed by atoms with Crippen molar-refractivity contribution in [2.75, 3.05) is 37.3 Å². The number of anilines is 1. The fourth-order valence-electron chi connectivity index (χ4n) is 2.77. The number of aromatic carboxylic acids is 1. The maximum absolute atomic E-state index is 14.4. The van der Waals surface area contributed by atoms with Crippen LogP contribution in [0.2, 0.25) is 0 Å². The van der Waals surface area contributed by atoms with Crippen LogP contribution in [0.15, 0.2) is 17.1 Å². The minimum absolute atomic E-state index is 0.0110. The predicted octanol–water partition coefficient (Wildman–Crippen LogP) is 0.167. The lowest BCUT2D eigenvalue weighted by Gasteiger charge is -2.29. The van der Waals surface area contributed by atoms with Gasteiger partial charge in [0.25, 0.3) is 10.1 Å². The molecule has 10 nitrogen and oxygen atoms in total. The van der Waals surface area contributed by atoms with E-state index in [1.807, 2.05) is 11.8 Å². The molecule has 1 saturated heterocycles.